The summed E-state index contributed by atoms with van der Waals surface area (Å²) >= 11 is 5.85. The number of methoxy groups -OCH3 is 1. The van der Waals surface area contributed by atoms with Gasteiger partial charge >= 0.3 is 5.97 Å². The van der Waals surface area contributed by atoms with Crippen LogP contribution in [-0.4, -0.2) is 13.1 Å². The first kappa shape index (κ1) is 15.3. The van der Waals surface area contributed by atoms with E-state index in [0.717, 1.165) is 12.1 Å². The molecule has 3 nitrogen and oxygen atoms in total. The zero-order chi connectivity index (χ0) is 15.4. The number of anilines is 1. The fourth-order valence-corrected chi connectivity index (χ4v) is 1.97. The van der Waals surface area contributed by atoms with E-state index in [1.807, 2.05) is 0 Å². The maximum atomic E-state index is 13.1. The summed E-state index contributed by atoms with van der Waals surface area (Å²) in [6.45, 7) is 0.225. The summed E-state index contributed by atoms with van der Waals surface area (Å²) in [7, 11) is 1.27. The Morgan fingerprint density at radius 3 is 2.62 bits per heavy atom. The van der Waals surface area contributed by atoms with Gasteiger partial charge in [-0.3, -0.25) is 0 Å². The Hall–Kier alpha value is -2.14. The average molecular weight is 312 g/mol. The molecule has 0 saturated heterocycles. The van der Waals surface area contributed by atoms with Gasteiger partial charge in [0.25, 0.3) is 0 Å². The summed E-state index contributed by atoms with van der Waals surface area (Å²) in [6.07, 6.45) is 0. The normalized spacial score (nSPS) is 10.3. The number of carbonyl (C=O) groups excluding carboxylic acids is 1. The topological polar surface area (TPSA) is 38.3 Å². The molecule has 6 heteroatoms. The minimum atomic E-state index is -0.918. The maximum Gasteiger partial charge on any atom is 0.340 e. The minimum Gasteiger partial charge on any atom is -0.465 e. The maximum absolute atomic E-state index is 13.1. The second kappa shape index (κ2) is 6.54. The number of benzene rings is 2. The summed E-state index contributed by atoms with van der Waals surface area (Å²) in [5.74, 6) is -2.36. The lowest BCUT2D eigenvalue weighted by atomic mass is 10.1. The Labute approximate surface area is 125 Å². The number of hydrogen-bond acceptors (Lipinski definition) is 3. The fraction of sp³-hybridized carbons (Fsp3) is 0.133. The van der Waals surface area contributed by atoms with Crippen molar-refractivity contribution in [3.8, 4) is 0 Å². The van der Waals surface area contributed by atoms with Gasteiger partial charge in [0.05, 0.1) is 12.7 Å². The van der Waals surface area contributed by atoms with Gasteiger partial charge in [-0.15, -0.1) is 0 Å². The van der Waals surface area contributed by atoms with Gasteiger partial charge < -0.3 is 10.1 Å². The van der Waals surface area contributed by atoms with Gasteiger partial charge in [0, 0.05) is 17.3 Å². The summed E-state index contributed by atoms with van der Waals surface area (Å²) in [4.78, 5) is 11.7. The number of hydrogen-bond donors (Lipinski definition) is 1. The standard InChI is InChI=1S/C15H12ClF2NO2/c1-21-15(20)11-7-10(16)3-5-14(11)19-8-9-2-4-12(17)13(18)6-9/h2-7,19H,8H2,1H3. The van der Waals surface area contributed by atoms with Crippen LogP contribution in [0.3, 0.4) is 0 Å². The third-order valence-electron chi connectivity index (χ3n) is 2.85. The first-order chi connectivity index (χ1) is 10.0. The molecule has 0 saturated carbocycles. The van der Waals surface area contributed by atoms with Crippen molar-refractivity contribution < 1.29 is 18.3 Å². The molecule has 0 unspecified atom stereocenters. The van der Waals surface area contributed by atoms with Gasteiger partial charge in [0.15, 0.2) is 11.6 Å². The Bertz CT molecular complexity index is 677. The predicted molar refractivity (Wildman–Crippen MR) is 76.5 cm³/mol. The van der Waals surface area contributed by atoms with Crippen molar-refractivity contribution in [2.45, 2.75) is 6.54 Å². The van der Waals surface area contributed by atoms with Crippen LogP contribution in [0.2, 0.25) is 5.02 Å². The Morgan fingerprint density at radius 1 is 1.19 bits per heavy atom. The molecule has 21 heavy (non-hydrogen) atoms. The molecule has 0 aliphatic carbocycles. The lowest BCUT2D eigenvalue weighted by Gasteiger charge is -2.11. The fourth-order valence-electron chi connectivity index (χ4n) is 1.80. The molecule has 0 aliphatic heterocycles. The predicted octanol–water partition coefficient (Wildman–Crippen LogP) is 4.02. The highest BCUT2D eigenvalue weighted by Crippen LogP contribution is 2.22. The smallest absolute Gasteiger partial charge is 0.340 e. The second-order valence-corrected chi connectivity index (χ2v) is 4.72. The monoisotopic (exact) mass is 311 g/mol. The molecule has 2 aromatic rings. The van der Waals surface area contributed by atoms with E-state index in [2.05, 4.69) is 10.1 Å². The van der Waals surface area contributed by atoms with E-state index in [-0.39, 0.29) is 12.1 Å². The first-order valence-corrected chi connectivity index (χ1v) is 6.44. The highest BCUT2D eigenvalue weighted by molar-refractivity contribution is 6.31. The van der Waals surface area contributed by atoms with Crippen molar-refractivity contribution in [3.63, 3.8) is 0 Å². The number of carbonyl (C=O) groups is 1. The Morgan fingerprint density at radius 2 is 1.95 bits per heavy atom. The number of nitrogens with one attached hydrogen (secondary N) is 1. The molecule has 0 fully saturated rings. The van der Waals surface area contributed by atoms with Crippen molar-refractivity contribution >= 4 is 23.3 Å². The van der Waals surface area contributed by atoms with Gasteiger partial charge in [0.2, 0.25) is 0 Å². The number of rotatable bonds is 4. The van der Waals surface area contributed by atoms with E-state index in [1.165, 1.54) is 19.2 Å². The molecule has 0 spiro atoms. The SMILES string of the molecule is COC(=O)c1cc(Cl)ccc1NCc1ccc(F)c(F)c1. The molecule has 0 aliphatic rings. The number of ether oxygens (including phenoxy) is 1. The molecule has 0 atom stereocenters. The van der Waals surface area contributed by atoms with E-state index >= 15 is 0 Å². The van der Waals surface area contributed by atoms with Crippen LogP contribution in [-0.2, 0) is 11.3 Å². The largest absolute Gasteiger partial charge is 0.465 e. The molecule has 0 heterocycles. The van der Waals surface area contributed by atoms with Gasteiger partial charge in [-0.1, -0.05) is 17.7 Å². The van der Waals surface area contributed by atoms with Crippen LogP contribution in [0, 0.1) is 11.6 Å². The first-order valence-electron chi connectivity index (χ1n) is 6.07. The zero-order valence-electron chi connectivity index (χ0n) is 11.1. The van der Waals surface area contributed by atoms with E-state index in [0.29, 0.717) is 16.3 Å². The van der Waals surface area contributed by atoms with Crippen molar-refractivity contribution in [3.05, 3.63) is 64.2 Å². The van der Waals surface area contributed by atoms with Crippen LogP contribution in [0.1, 0.15) is 15.9 Å². The number of esters is 1. The third-order valence-corrected chi connectivity index (χ3v) is 3.09. The molecule has 0 aromatic heterocycles. The summed E-state index contributed by atoms with van der Waals surface area (Å²) in [5, 5.41) is 3.37. The van der Waals surface area contributed by atoms with Gasteiger partial charge in [-0.05, 0) is 35.9 Å². The lowest BCUT2D eigenvalue weighted by molar-refractivity contribution is 0.0602. The van der Waals surface area contributed by atoms with Gasteiger partial charge in [-0.2, -0.15) is 0 Å². The molecule has 0 bridgehead atoms. The zero-order valence-corrected chi connectivity index (χ0v) is 11.9. The van der Waals surface area contributed by atoms with E-state index in [9.17, 15) is 13.6 Å². The van der Waals surface area contributed by atoms with Crippen molar-refractivity contribution in [2.75, 3.05) is 12.4 Å². The second-order valence-electron chi connectivity index (χ2n) is 4.28. The lowest BCUT2D eigenvalue weighted by Crippen LogP contribution is -2.08. The third kappa shape index (κ3) is 3.70. The van der Waals surface area contributed by atoms with Crippen molar-refractivity contribution in [1.82, 2.24) is 0 Å². The van der Waals surface area contributed by atoms with E-state index in [4.69, 9.17) is 11.6 Å². The highest BCUT2D eigenvalue weighted by Gasteiger charge is 2.12. The van der Waals surface area contributed by atoms with Crippen LogP contribution >= 0.6 is 11.6 Å². The Kier molecular flexibility index (Phi) is 4.75. The van der Waals surface area contributed by atoms with Crippen LogP contribution in [0.5, 0.6) is 0 Å². The van der Waals surface area contributed by atoms with Gasteiger partial charge in [0.1, 0.15) is 0 Å². The molecular weight excluding hydrogens is 300 g/mol. The molecule has 2 rings (SSSR count). The van der Waals surface area contributed by atoms with Crippen LogP contribution in [0.15, 0.2) is 36.4 Å². The minimum absolute atomic E-state index is 0.225. The summed E-state index contributed by atoms with van der Waals surface area (Å²) in [5.41, 5.74) is 1.31. The molecule has 0 amide bonds. The van der Waals surface area contributed by atoms with Crippen LogP contribution in [0.4, 0.5) is 14.5 Å². The van der Waals surface area contributed by atoms with Crippen molar-refractivity contribution in [2.24, 2.45) is 0 Å². The van der Waals surface area contributed by atoms with E-state index < -0.39 is 17.6 Å². The van der Waals surface area contributed by atoms with Crippen LogP contribution in [0.25, 0.3) is 0 Å². The van der Waals surface area contributed by atoms with Crippen LogP contribution < -0.4 is 5.32 Å². The number of halogens is 3. The molecule has 2 aromatic carbocycles. The molecule has 0 radical (unpaired) electrons. The molecule has 1 N–H and O–H groups in total. The van der Waals surface area contributed by atoms with Crippen molar-refractivity contribution in [1.29, 1.82) is 0 Å². The highest BCUT2D eigenvalue weighted by atomic mass is 35.5. The summed E-state index contributed by atoms with van der Waals surface area (Å²) < 4.78 is 30.6. The molecular formula is C15H12ClF2NO2. The summed E-state index contributed by atoms with van der Waals surface area (Å²) in [6, 6.07) is 8.31. The molecule has 110 valence electrons. The average Bonchev–Trinajstić information content (AvgIpc) is 2.48. The van der Waals surface area contributed by atoms with Gasteiger partial charge in [-0.25, -0.2) is 13.6 Å². The quantitative estimate of drug-likeness (QED) is 0.867. The Balaban J connectivity index is 2.19. The van der Waals surface area contributed by atoms with E-state index in [1.54, 1.807) is 12.1 Å².